The molecule has 1 heterocycles. The first-order valence-corrected chi connectivity index (χ1v) is 13.4. The van der Waals surface area contributed by atoms with Crippen molar-refractivity contribution in [3.8, 4) is 0 Å². The number of carbonyl (C=O) groups excluding carboxylic acids is 1. The minimum Gasteiger partial charge on any atom is -0.379 e. The fourth-order valence-electron chi connectivity index (χ4n) is 4.59. The molecule has 188 valence electrons. The van der Waals surface area contributed by atoms with Crippen LogP contribution in [0.2, 0.25) is 0 Å². The largest absolute Gasteiger partial charge is 0.379 e. The molecule has 7 heteroatoms. The van der Waals surface area contributed by atoms with Gasteiger partial charge >= 0.3 is 0 Å². The molecule has 1 aliphatic carbocycles. The highest BCUT2D eigenvalue weighted by molar-refractivity contribution is 7.15. The monoisotopic (exact) mass is 489 g/mol. The molecule has 2 unspecified atom stereocenters. The molecule has 0 spiro atoms. The van der Waals surface area contributed by atoms with Gasteiger partial charge in [0.1, 0.15) is 5.82 Å². The first-order chi connectivity index (χ1) is 16.2. The first-order valence-electron chi connectivity index (χ1n) is 12.6. The second kappa shape index (κ2) is 12.2. The zero-order valence-electron chi connectivity index (χ0n) is 21.2. The molecule has 0 aliphatic heterocycles. The molecule has 0 fully saturated rings. The van der Waals surface area contributed by atoms with E-state index >= 15 is 0 Å². The molecule has 34 heavy (non-hydrogen) atoms. The van der Waals surface area contributed by atoms with Gasteiger partial charge in [0.2, 0.25) is 5.91 Å². The van der Waals surface area contributed by atoms with Crippen LogP contribution in [0.3, 0.4) is 0 Å². The zero-order valence-corrected chi connectivity index (χ0v) is 22.1. The fourth-order valence-corrected chi connectivity index (χ4v) is 5.50. The third-order valence-electron chi connectivity index (χ3n) is 6.97. The molecule has 3 atom stereocenters. The Morgan fingerprint density at radius 2 is 2.15 bits per heavy atom. The maximum atomic E-state index is 14.3. The summed E-state index contributed by atoms with van der Waals surface area (Å²) in [5.41, 5.74) is 1.78. The van der Waals surface area contributed by atoms with Gasteiger partial charge in [0.15, 0.2) is 5.13 Å². The number of aryl methyl sites for hydroxylation is 1. The van der Waals surface area contributed by atoms with Gasteiger partial charge in [-0.15, -0.1) is 11.3 Å². The Balaban J connectivity index is 1.55. The number of thiazole rings is 1. The SMILES string of the molecule is CCC[C@H](NC1CCc2cccc(F)c2C1)C(=O)Nc1ncc(C(C)CCCC(C)(C)OC)s1. The number of halogens is 1. The van der Waals surface area contributed by atoms with Gasteiger partial charge in [0, 0.05) is 24.2 Å². The molecule has 0 radical (unpaired) electrons. The maximum Gasteiger partial charge on any atom is 0.243 e. The standard InChI is InChI=1S/C27H40FN3O2S/c1-6-9-23(30-20-14-13-19-11-7-12-22(28)21(19)16-20)25(32)31-26-29-17-24(34-26)18(2)10-8-15-27(3,4)33-5/h7,11-12,17-18,20,23,30H,6,8-10,13-16H2,1-5H3,(H,29,31,32)/t18?,20?,23-/m0/s1. The van der Waals surface area contributed by atoms with E-state index < -0.39 is 0 Å². The van der Waals surface area contributed by atoms with E-state index in [9.17, 15) is 9.18 Å². The van der Waals surface area contributed by atoms with Gasteiger partial charge in [0.05, 0.1) is 11.6 Å². The Morgan fingerprint density at radius 1 is 1.35 bits per heavy atom. The van der Waals surface area contributed by atoms with Gasteiger partial charge in [-0.2, -0.15) is 0 Å². The van der Waals surface area contributed by atoms with Crippen molar-refractivity contribution in [3.63, 3.8) is 0 Å². The number of nitrogens with one attached hydrogen (secondary N) is 2. The number of nitrogens with zero attached hydrogens (tertiary/aromatic N) is 1. The summed E-state index contributed by atoms with van der Waals surface area (Å²) in [6.45, 7) is 8.51. The van der Waals surface area contributed by atoms with E-state index in [0.29, 0.717) is 17.5 Å². The first kappa shape index (κ1) is 26.8. The number of methoxy groups -OCH3 is 1. The number of fused-ring (bicyclic) bond motifs is 1. The van der Waals surface area contributed by atoms with Gasteiger partial charge in [-0.25, -0.2) is 9.37 Å². The summed E-state index contributed by atoms with van der Waals surface area (Å²) in [7, 11) is 1.76. The molecule has 2 N–H and O–H groups in total. The summed E-state index contributed by atoms with van der Waals surface area (Å²) in [4.78, 5) is 18.7. The smallest absolute Gasteiger partial charge is 0.243 e. The summed E-state index contributed by atoms with van der Waals surface area (Å²) in [5.74, 6) is 0.185. The number of ether oxygens (including phenoxy) is 1. The van der Waals surface area contributed by atoms with E-state index in [1.165, 1.54) is 10.9 Å². The van der Waals surface area contributed by atoms with Crippen LogP contribution >= 0.6 is 11.3 Å². The molecule has 0 bridgehead atoms. The molecule has 2 aromatic rings. The number of amides is 1. The molecule has 1 aromatic carbocycles. The zero-order chi connectivity index (χ0) is 24.7. The lowest BCUT2D eigenvalue weighted by Gasteiger charge is -2.29. The summed E-state index contributed by atoms with van der Waals surface area (Å²) in [6, 6.07) is 5.08. The second-order valence-corrected chi connectivity index (χ2v) is 11.2. The quantitative estimate of drug-likeness (QED) is 0.371. The van der Waals surface area contributed by atoms with Crippen LogP contribution in [-0.4, -0.2) is 35.7 Å². The molecule has 1 amide bonds. The van der Waals surface area contributed by atoms with Gasteiger partial charge < -0.3 is 15.4 Å². The van der Waals surface area contributed by atoms with Crippen molar-refractivity contribution >= 4 is 22.4 Å². The lowest BCUT2D eigenvalue weighted by molar-refractivity contribution is -0.118. The normalized spacial score (nSPS) is 17.8. The van der Waals surface area contributed by atoms with Crippen molar-refractivity contribution in [2.24, 2.45) is 0 Å². The number of rotatable bonds is 12. The van der Waals surface area contributed by atoms with E-state index in [-0.39, 0.29) is 29.4 Å². The van der Waals surface area contributed by atoms with Crippen molar-refractivity contribution in [1.29, 1.82) is 0 Å². The Hall–Kier alpha value is -1.83. The third kappa shape index (κ3) is 7.33. The van der Waals surface area contributed by atoms with Crippen molar-refractivity contribution in [2.45, 2.75) is 103 Å². The van der Waals surface area contributed by atoms with Crippen molar-refractivity contribution in [1.82, 2.24) is 10.3 Å². The lowest BCUT2D eigenvalue weighted by atomic mass is 9.87. The summed E-state index contributed by atoms with van der Waals surface area (Å²) in [5, 5.41) is 7.18. The van der Waals surface area contributed by atoms with E-state index in [1.54, 1.807) is 24.5 Å². The van der Waals surface area contributed by atoms with Crippen LogP contribution < -0.4 is 10.6 Å². The van der Waals surface area contributed by atoms with Crippen LogP contribution in [0, 0.1) is 5.82 Å². The van der Waals surface area contributed by atoms with E-state index in [2.05, 4.69) is 43.3 Å². The summed E-state index contributed by atoms with van der Waals surface area (Å²) < 4.78 is 19.8. The number of carbonyl (C=O) groups is 1. The van der Waals surface area contributed by atoms with E-state index in [1.807, 2.05) is 12.3 Å². The topological polar surface area (TPSA) is 63.2 Å². The lowest BCUT2D eigenvalue weighted by Crippen LogP contribution is -2.47. The Labute approximate surface area is 207 Å². The minimum atomic E-state index is -0.315. The molecule has 1 aliphatic rings. The number of hydrogen-bond acceptors (Lipinski definition) is 5. The molecule has 1 aromatic heterocycles. The Bertz CT molecular complexity index is 946. The molecule has 5 nitrogen and oxygen atoms in total. The molecule has 3 rings (SSSR count). The fraction of sp³-hybridized carbons (Fsp3) is 0.630. The van der Waals surface area contributed by atoms with Crippen LogP contribution in [-0.2, 0) is 22.4 Å². The average Bonchev–Trinajstić information content (AvgIpc) is 3.27. The van der Waals surface area contributed by atoms with Crippen molar-refractivity contribution in [2.75, 3.05) is 12.4 Å². The van der Waals surface area contributed by atoms with Crippen LogP contribution in [0.5, 0.6) is 0 Å². The van der Waals surface area contributed by atoms with Crippen molar-refractivity contribution < 1.29 is 13.9 Å². The Kier molecular flexibility index (Phi) is 9.63. The van der Waals surface area contributed by atoms with Gasteiger partial charge in [-0.3, -0.25) is 4.79 Å². The number of anilines is 1. The van der Waals surface area contributed by atoms with E-state index in [4.69, 9.17) is 4.74 Å². The predicted molar refractivity (Wildman–Crippen MR) is 138 cm³/mol. The van der Waals surface area contributed by atoms with Crippen LogP contribution in [0.4, 0.5) is 9.52 Å². The molecule has 0 saturated heterocycles. The van der Waals surface area contributed by atoms with Crippen LogP contribution in [0.15, 0.2) is 24.4 Å². The van der Waals surface area contributed by atoms with Gasteiger partial charge in [0.25, 0.3) is 0 Å². The predicted octanol–water partition coefficient (Wildman–Crippen LogP) is 6.24. The van der Waals surface area contributed by atoms with Gasteiger partial charge in [-0.05, 0) is 81.9 Å². The Morgan fingerprint density at radius 3 is 2.88 bits per heavy atom. The average molecular weight is 490 g/mol. The number of hydrogen-bond donors (Lipinski definition) is 2. The number of benzene rings is 1. The maximum absolute atomic E-state index is 14.3. The summed E-state index contributed by atoms with van der Waals surface area (Å²) >= 11 is 1.56. The van der Waals surface area contributed by atoms with Gasteiger partial charge in [-0.1, -0.05) is 32.4 Å². The highest BCUT2D eigenvalue weighted by Gasteiger charge is 2.27. The molecule has 0 saturated carbocycles. The van der Waals surface area contributed by atoms with Crippen LogP contribution in [0.1, 0.15) is 88.1 Å². The highest BCUT2D eigenvalue weighted by atomic mass is 32.1. The van der Waals surface area contributed by atoms with Crippen LogP contribution in [0.25, 0.3) is 0 Å². The number of aromatic nitrogens is 1. The molecular weight excluding hydrogens is 449 g/mol. The third-order valence-corrected chi connectivity index (χ3v) is 8.11. The van der Waals surface area contributed by atoms with E-state index in [0.717, 1.165) is 56.1 Å². The minimum absolute atomic E-state index is 0.0587. The van der Waals surface area contributed by atoms with Crippen molar-refractivity contribution in [3.05, 3.63) is 46.2 Å². The summed E-state index contributed by atoms with van der Waals surface area (Å²) in [6.07, 6.45) is 9.01. The second-order valence-electron chi connectivity index (χ2n) is 10.1. The molecular formula is C27H40FN3O2S. The highest BCUT2D eigenvalue weighted by Crippen LogP contribution is 2.31.